The maximum atomic E-state index is 12.6. The number of nitrogens with zero attached hydrogens (tertiary/aromatic N) is 2. The Morgan fingerprint density at radius 3 is 2.58 bits per heavy atom. The zero-order valence-electron chi connectivity index (χ0n) is 14.3. The zero-order valence-corrected chi connectivity index (χ0v) is 15.1. The highest BCUT2D eigenvalue weighted by atomic mass is 35.5. The van der Waals surface area contributed by atoms with E-state index >= 15 is 0 Å². The number of benzene rings is 1. The molecule has 1 saturated carbocycles. The number of urea groups is 1. The molecule has 0 atom stereocenters. The number of amides is 3. The second-order valence-corrected chi connectivity index (χ2v) is 7.27. The third-order valence-electron chi connectivity index (χ3n) is 5.01. The average Bonchev–Trinajstić information content (AvgIpc) is 3.35. The Hall–Kier alpha value is -2.53. The first-order valence-electron chi connectivity index (χ1n) is 8.86. The quantitative estimate of drug-likeness (QED) is 0.643. The second kappa shape index (κ2) is 7.00. The normalized spacial score (nSPS) is 19.6. The SMILES string of the molecule is O=C1N/C(=C/c2ccn(C3CCCC3)c2)C(=O)N1Cc1ccc(Cl)cc1. The van der Waals surface area contributed by atoms with Gasteiger partial charge in [0, 0.05) is 23.5 Å². The molecule has 0 radical (unpaired) electrons. The molecule has 1 saturated heterocycles. The van der Waals surface area contributed by atoms with Gasteiger partial charge in [0.15, 0.2) is 0 Å². The summed E-state index contributed by atoms with van der Waals surface area (Å²) in [6.45, 7) is 0.224. The number of rotatable bonds is 4. The fourth-order valence-corrected chi connectivity index (χ4v) is 3.73. The summed E-state index contributed by atoms with van der Waals surface area (Å²) in [5.74, 6) is -0.307. The molecular weight excluding hydrogens is 350 g/mol. The fourth-order valence-electron chi connectivity index (χ4n) is 3.60. The minimum Gasteiger partial charge on any atom is -0.351 e. The number of carbonyl (C=O) groups is 2. The first-order chi connectivity index (χ1) is 12.6. The predicted octanol–water partition coefficient (Wildman–Crippen LogP) is 4.35. The number of hydrogen-bond acceptors (Lipinski definition) is 2. The second-order valence-electron chi connectivity index (χ2n) is 6.84. The summed E-state index contributed by atoms with van der Waals surface area (Å²) >= 11 is 5.88. The van der Waals surface area contributed by atoms with E-state index in [-0.39, 0.29) is 12.5 Å². The third kappa shape index (κ3) is 3.40. The maximum Gasteiger partial charge on any atom is 0.329 e. The minimum absolute atomic E-state index is 0.224. The lowest BCUT2D eigenvalue weighted by molar-refractivity contribution is -0.123. The van der Waals surface area contributed by atoms with Crippen molar-refractivity contribution in [3.8, 4) is 0 Å². The molecule has 1 aromatic carbocycles. The molecule has 2 heterocycles. The van der Waals surface area contributed by atoms with Crippen molar-refractivity contribution in [3.05, 3.63) is 64.6 Å². The first kappa shape index (κ1) is 16.9. The van der Waals surface area contributed by atoms with Gasteiger partial charge in [-0.1, -0.05) is 36.6 Å². The van der Waals surface area contributed by atoms with Gasteiger partial charge in [-0.3, -0.25) is 9.69 Å². The van der Waals surface area contributed by atoms with Crippen LogP contribution in [0.1, 0.15) is 42.9 Å². The van der Waals surface area contributed by atoms with E-state index in [0.29, 0.717) is 16.8 Å². The van der Waals surface area contributed by atoms with Crippen LogP contribution in [0.2, 0.25) is 5.02 Å². The number of aromatic nitrogens is 1. The number of halogens is 1. The molecule has 2 aromatic rings. The Morgan fingerprint density at radius 1 is 1.12 bits per heavy atom. The third-order valence-corrected chi connectivity index (χ3v) is 5.26. The Balaban J connectivity index is 1.49. The van der Waals surface area contributed by atoms with Crippen LogP contribution in [0, 0.1) is 0 Å². The van der Waals surface area contributed by atoms with Crippen LogP contribution in [0.25, 0.3) is 6.08 Å². The van der Waals surface area contributed by atoms with Crippen LogP contribution in [0.15, 0.2) is 48.4 Å². The largest absolute Gasteiger partial charge is 0.351 e. The van der Waals surface area contributed by atoms with E-state index in [1.165, 1.54) is 30.6 Å². The monoisotopic (exact) mass is 369 g/mol. The lowest BCUT2D eigenvalue weighted by Gasteiger charge is -2.11. The van der Waals surface area contributed by atoms with Gasteiger partial charge in [-0.2, -0.15) is 0 Å². The predicted molar refractivity (Wildman–Crippen MR) is 100 cm³/mol. The molecule has 1 aliphatic heterocycles. The molecule has 0 unspecified atom stereocenters. The lowest BCUT2D eigenvalue weighted by Crippen LogP contribution is -2.30. The summed E-state index contributed by atoms with van der Waals surface area (Å²) in [5, 5.41) is 3.30. The van der Waals surface area contributed by atoms with Crippen molar-refractivity contribution in [2.45, 2.75) is 38.3 Å². The van der Waals surface area contributed by atoms with Gasteiger partial charge in [0.1, 0.15) is 5.70 Å². The molecule has 1 aliphatic carbocycles. The maximum absolute atomic E-state index is 12.6. The lowest BCUT2D eigenvalue weighted by atomic mass is 10.2. The highest BCUT2D eigenvalue weighted by Crippen LogP contribution is 2.30. The van der Waals surface area contributed by atoms with Crippen LogP contribution in [0.5, 0.6) is 0 Å². The van der Waals surface area contributed by atoms with Gasteiger partial charge in [-0.15, -0.1) is 0 Å². The van der Waals surface area contributed by atoms with Crippen molar-refractivity contribution in [1.82, 2.24) is 14.8 Å². The van der Waals surface area contributed by atoms with Crippen molar-refractivity contribution >= 4 is 29.6 Å². The zero-order chi connectivity index (χ0) is 18.1. The van der Waals surface area contributed by atoms with E-state index in [1.807, 2.05) is 24.4 Å². The molecule has 0 bridgehead atoms. The smallest absolute Gasteiger partial charge is 0.329 e. The van der Waals surface area contributed by atoms with Gasteiger partial charge < -0.3 is 9.88 Å². The molecule has 26 heavy (non-hydrogen) atoms. The van der Waals surface area contributed by atoms with Gasteiger partial charge in [-0.05, 0) is 48.2 Å². The van der Waals surface area contributed by atoms with Crippen LogP contribution < -0.4 is 5.32 Å². The van der Waals surface area contributed by atoms with Crippen molar-refractivity contribution in [2.24, 2.45) is 0 Å². The summed E-state index contributed by atoms with van der Waals surface area (Å²) in [4.78, 5) is 26.0. The van der Waals surface area contributed by atoms with E-state index in [9.17, 15) is 9.59 Å². The van der Waals surface area contributed by atoms with Crippen LogP contribution >= 0.6 is 11.6 Å². The first-order valence-corrected chi connectivity index (χ1v) is 9.24. The average molecular weight is 370 g/mol. The van der Waals surface area contributed by atoms with Crippen molar-refractivity contribution in [1.29, 1.82) is 0 Å². The van der Waals surface area contributed by atoms with Crippen molar-refractivity contribution < 1.29 is 9.59 Å². The molecule has 6 heteroatoms. The Morgan fingerprint density at radius 2 is 1.85 bits per heavy atom. The number of nitrogens with one attached hydrogen (secondary N) is 1. The van der Waals surface area contributed by atoms with Gasteiger partial charge in [0.05, 0.1) is 6.54 Å². The van der Waals surface area contributed by atoms with E-state index in [4.69, 9.17) is 11.6 Å². The molecule has 1 aromatic heterocycles. The molecule has 2 fully saturated rings. The van der Waals surface area contributed by atoms with Crippen molar-refractivity contribution in [3.63, 3.8) is 0 Å². The van der Waals surface area contributed by atoms with E-state index in [2.05, 4.69) is 16.1 Å². The molecule has 4 rings (SSSR count). The van der Waals surface area contributed by atoms with Gasteiger partial charge in [0.25, 0.3) is 5.91 Å². The summed E-state index contributed by atoms with van der Waals surface area (Å²) in [7, 11) is 0. The fraction of sp³-hybridized carbons (Fsp3) is 0.300. The molecule has 0 spiro atoms. The molecule has 134 valence electrons. The summed E-state index contributed by atoms with van der Waals surface area (Å²) in [6.07, 6.45) is 10.8. The topological polar surface area (TPSA) is 54.3 Å². The molecular formula is C20H20ClN3O2. The molecule has 3 amide bonds. The molecule has 5 nitrogen and oxygen atoms in total. The Kier molecular flexibility index (Phi) is 4.55. The van der Waals surface area contributed by atoms with Gasteiger partial charge in [0.2, 0.25) is 0 Å². The van der Waals surface area contributed by atoms with Crippen LogP contribution in [0.3, 0.4) is 0 Å². The number of carbonyl (C=O) groups excluding carboxylic acids is 2. The van der Waals surface area contributed by atoms with Gasteiger partial charge >= 0.3 is 6.03 Å². The van der Waals surface area contributed by atoms with Gasteiger partial charge in [-0.25, -0.2) is 4.79 Å². The van der Waals surface area contributed by atoms with Crippen molar-refractivity contribution in [2.75, 3.05) is 0 Å². The van der Waals surface area contributed by atoms with Crippen LogP contribution in [-0.2, 0) is 11.3 Å². The standard InChI is InChI=1S/C20H20ClN3O2/c21-16-7-5-14(6-8-16)13-24-19(25)18(22-20(24)26)11-15-9-10-23(12-15)17-3-1-2-4-17/h5-12,17H,1-4,13H2,(H,22,26)/b18-11+. The molecule has 2 aliphatic rings. The Labute approximate surface area is 157 Å². The summed E-state index contributed by atoms with van der Waals surface area (Å²) in [6, 6.07) is 9.25. The van der Waals surface area contributed by atoms with E-state index in [1.54, 1.807) is 18.2 Å². The van der Waals surface area contributed by atoms with Crippen LogP contribution in [-0.4, -0.2) is 21.4 Å². The minimum atomic E-state index is -0.397. The van der Waals surface area contributed by atoms with E-state index in [0.717, 1.165) is 11.1 Å². The van der Waals surface area contributed by atoms with E-state index < -0.39 is 6.03 Å². The van der Waals surface area contributed by atoms with Crippen LogP contribution in [0.4, 0.5) is 4.79 Å². The number of hydrogen-bond donors (Lipinski definition) is 1. The summed E-state index contributed by atoms with van der Waals surface area (Å²) < 4.78 is 2.21. The number of imide groups is 1. The summed E-state index contributed by atoms with van der Waals surface area (Å²) in [5.41, 5.74) is 2.09. The highest BCUT2D eigenvalue weighted by molar-refractivity contribution is 6.30. The highest BCUT2D eigenvalue weighted by Gasteiger charge is 2.33. The Bertz CT molecular complexity index is 863. The molecule has 1 N–H and O–H groups in total.